The zero-order valence-corrected chi connectivity index (χ0v) is 4.83. The lowest BCUT2D eigenvalue weighted by Crippen LogP contribution is -2.15. The van der Waals surface area contributed by atoms with Gasteiger partial charge in [0, 0.05) is 0 Å². The zero-order valence-electron chi connectivity index (χ0n) is 4.83. The molecule has 0 aromatic heterocycles. The largest absolute Gasteiger partial charge is 0.303 e. The molecule has 2 heteroatoms. The molecule has 0 radical (unpaired) electrons. The third-order valence-electron chi connectivity index (χ3n) is 1.47. The van der Waals surface area contributed by atoms with Gasteiger partial charge in [-0.3, -0.25) is 0 Å². The summed E-state index contributed by atoms with van der Waals surface area (Å²) in [5.74, 6) is 0. The van der Waals surface area contributed by atoms with Crippen LogP contribution in [0.1, 0.15) is 25.7 Å². The molecule has 0 aromatic rings. The average Bonchev–Trinajstić information content (AvgIpc) is 1.77. The minimum atomic E-state index is 0.552. The molecule has 0 unspecified atom stereocenters. The van der Waals surface area contributed by atoms with Crippen LogP contribution < -0.4 is 0 Å². The summed E-state index contributed by atoms with van der Waals surface area (Å²) < 4.78 is 0. The molecule has 2 nitrogen and oxygen atoms in total. The Hall–Kier alpha value is -0.660. The molecular formula is C6H10N2. The van der Waals surface area contributed by atoms with Crippen molar-refractivity contribution in [2.45, 2.75) is 25.7 Å². The molecule has 0 bridgehead atoms. The van der Waals surface area contributed by atoms with Gasteiger partial charge in [-0.2, -0.15) is 0 Å². The van der Waals surface area contributed by atoms with Crippen LogP contribution in [0.4, 0.5) is 0 Å². The molecule has 8 heavy (non-hydrogen) atoms. The Morgan fingerprint density at radius 1 is 0.875 bits per heavy atom. The number of hydrogen-bond donors (Lipinski definition) is 2. The predicted octanol–water partition coefficient (Wildman–Crippen LogP) is 1.60. The Labute approximate surface area is 48.9 Å². The monoisotopic (exact) mass is 110 g/mol. The first-order valence-corrected chi connectivity index (χ1v) is 2.96. The maximum absolute atomic E-state index is 7.17. The second-order valence-corrected chi connectivity index (χ2v) is 2.16. The maximum Gasteiger partial charge on any atom is 0.0521 e. The van der Waals surface area contributed by atoms with E-state index in [0.717, 1.165) is 25.7 Å². The second kappa shape index (κ2) is 2.07. The molecule has 44 valence electrons. The lowest BCUT2D eigenvalue weighted by atomic mass is 9.97. The van der Waals surface area contributed by atoms with Gasteiger partial charge < -0.3 is 10.8 Å². The van der Waals surface area contributed by atoms with Crippen molar-refractivity contribution in [2.24, 2.45) is 0 Å². The van der Waals surface area contributed by atoms with Crippen LogP contribution in [-0.4, -0.2) is 11.4 Å². The number of rotatable bonds is 0. The summed E-state index contributed by atoms with van der Waals surface area (Å²) in [5, 5.41) is 14.3. The van der Waals surface area contributed by atoms with Crippen molar-refractivity contribution in [1.82, 2.24) is 0 Å². The number of nitrogens with one attached hydrogen (secondary N) is 2. The fourth-order valence-corrected chi connectivity index (χ4v) is 0.905. The van der Waals surface area contributed by atoms with Gasteiger partial charge in [0.05, 0.1) is 11.4 Å². The van der Waals surface area contributed by atoms with E-state index in [-0.39, 0.29) is 0 Å². The van der Waals surface area contributed by atoms with E-state index in [0.29, 0.717) is 11.4 Å². The highest BCUT2D eigenvalue weighted by Gasteiger charge is 2.09. The summed E-state index contributed by atoms with van der Waals surface area (Å²) in [6, 6.07) is 0. The van der Waals surface area contributed by atoms with Crippen LogP contribution in [0.2, 0.25) is 0 Å². The van der Waals surface area contributed by atoms with E-state index in [1.807, 2.05) is 0 Å². The van der Waals surface area contributed by atoms with E-state index in [1.54, 1.807) is 0 Å². The first-order chi connectivity index (χ1) is 3.80. The Bertz CT molecular complexity index is 110. The smallest absolute Gasteiger partial charge is 0.0521 e. The van der Waals surface area contributed by atoms with Crippen molar-refractivity contribution in [3.8, 4) is 0 Å². The van der Waals surface area contributed by atoms with Crippen molar-refractivity contribution in [3.63, 3.8) is 0 Å². The van der Waals surface area contributed by atoms with Gasteiger partial charge in [-0.1, -0.05) is 0 Å². The van der Waals surface area contributed by atoms with Gasteiger partial charge in [0.2, 0.25) is 0 Å². The van der Waals surface area contributed by atoms with Crippen molar-refractivity contribution in [3.05, 3.63) is 0 Å². The number of hydrogen-bond acceptors (Lipinski definition) is 2. The van der Waals surface area contributed by atoms with E-state index >= 15 is 0 Å². The van der Waals surface area contributed by atoms with E-state index < -0.39 is 0 Å². The molecule has 1 rings (SSSR count). The van der Waals surface area contributed by atoms with Gasteiger partial charge in [-0.25, -0.2) is 0 Å². The van der Waals surface area contributed by atoms with Crippen molar-refractivity contribution in [2.75, 3.05) is 0 Å². The molecule has 0 saturated heterocycles. The highest BCUT2D eigenvalue weighted by Crippen LogP contribution is 2.10. The SMILES string of the molecule is N=C1CCCCC1=N. The lowest BCUT2D eigenvalue weighted by Gasteiger charge is -2.10. The molecule has 1 aliphatic carbocycles. The van der Waals surface area contributed by atoms with Crippen LogP contribution in [0.15, 0.2) is 0 Å². The standard InChI is InChI=1S/C6H10N2/c7-5-3-1-2-4-6(5)8/h7-8H,1-4H2. The van der Waals surface area contributed by atoms with E-state index in [4.69, 9.17) is 10.8 Å². The molecule has 1 aliphatic rings. The van der Waals surface area contributed by atoms with Crippen molar-refractivity contribution < 1.29 is 0 Å². The van der Waals surface area contributed by atoms with Crippen molar-refractivity contribution >= 4 is 11.4 Å². The van der Waals surface area contributed by atoms with E-state index in [9.17, 15) is 0 Å². The minimum Gasteiger partial charge on any atom is -0.303 e. The highest BCUT2D eigenvalue weighted by molar-refractivity contribution is 6.40. The third-order valence-corrected chi connectivity index (χ3v) is 1.47. The van der Waals surface area contributed by atoms with E-state index in [1.165, 1.54) is 0 Å². The molecule has 1 saturated carbocycles. The summed E-state index contributed by atoms with van der Waals surface area (Å²) >= 11 is 0. The van der Waals surface area contributed by atoms with Crippen LogP contribution in [0.5, 0.6) is 0 Å². The zero-order chi connectivity index (χ0) is 5.98. The Morgan fingerprint density at radius 3 is 1.50 bits per heavy atom. The summed E-state index contributed by atoms with van der Waals surface area (Å²) in [6.07, 6.45) is 3.89. The first kappa shape index (κ1) is 5.48. The summed E-state index contributed by atoms with van der Waals surface area (Å²) in [6.45, 7) is 0. The molecule has 0 aliphatic heterocycles. The molecule has 0 atom stereocenters. The Balaban J connectivity index is 2.52. The molecule has 0 spiro atoms. The van der Waals surface area contributed by atoms with Gasteiger partial charge in [-0.15, -0.1) is 0 Å². The second-order valence-electron chi connectivity index (χ2n) is 2.16. The summed E-state index contributed by atoms with van der Waals surface area (Å²) in [5.41, 5.74) is 1.10. The predicted molar refractivity (Wildman–Crippen MR) is 33.9 cm³/mol. The first-order valence-electron chi connectivity index (χ1n) is 2.96. The summed E-state index contributed by atoms with van der Waals surface area (Å²) in [4.78, 5) is 0. The van der Waals surface area contributed by atoms with Gasteiger partial charge in [-0.05, 0) is 25.7 Å². The Morgan fingerprint density at radius 2 is 1.25 bits per heavy atom. The molecule has 0 amide bonds. The van der Waals surface area contributed by atoms with Crippen LogP contribution in [0, 0.1) is 10.8 Å². The fourth-order valence-electron chi connectivity index (χ4n) is 0.905. The Kier molecular flexibility index (Phi) is 1.42. The highest BCUT2D eigenvalue weighted by atomic mass is 14.5. The van der Waals surface area contributed by atoms with Crippen LogP contribution in [0.25, 0.3) is 0 Å². The van der Waals surface area contributed by atoms with Gasteiger partial charge in [0.1, 0.15) is 0 Å². The van der Waals surface area contributed by atoms with Crippen LogP contribution in [0.3, 0.4) is 0 Å². The van der Waals surface area contributed by atoms with Gasteiger partial charge in [0.25, 0.3) is 0 Å². The van der Waals surface area contributed by atoms with Gasteiger partial charge in [0.15, 0.2) is 0 Å². The van der Waals surface area contributed by atoms with Crippen molar-refractivity contribution in [1.29, 1.82) is 10.8 Å². The fraction of sp³-hybridized carbons (Fsp3) is 0.667. The lowest BCUT2D eigenvalue weighted by molar-refractivity contribution is 0.772. The van der Waals surface area contributed by atoms with Crippen LogP contribution >= 0.6 is 0 Å². The van der Waals surface area contributed by atoms with Gasteiger partial charge >= 0.3 is 0 Å². The molecule has 2 N–H and O–H groups in total. The third kappa shape index (κ3) is 0.941. The maximum atomic E-state index is 7.17. The minimum absolute atomic E-state index is 0.552. The molecular weight excluding hydrogens is 100 g/mol. The topological polar surface area (TPSA) is 47.7 Å². The van der Waals surface area contributed by atoms with E-state index in [2.05, 4.69) is 0 Å². The summed E-state index contributed by atoms with van der Waals surface area (Å²) in [7, 11) is 0. The van der Waals surface area contributed by atoms with Crippen LogP contribution in [-0.2, 0) is 0 Å². The molecule has 1 fully saturated rings. The average molecular weight is 110 g/mol. The quantitative estimate of drug-likeness (QED) is 0.476. The molecule has 0 heterocycles. The molecule has 0 aromatic carbocycles. The normalized spacial score (nSPS) is 21.5.